The molecule has 0 aromatic heterocycles. The highest BCUT2D eigenvalue weighted by Gasteiger charge is 2.05. The lowest BCUT2D eigenvalue weighted by atomic mass is 9.99. The largest absolute Gasteiger partial charge is 0.463 e. The number of hydrogen-bond donors (Lipinski definition) is 0. The van der Waals surface area contributed by atoms with Crippen LogP contribution in [0.15, 0.2) is 84.4 Å². The van der Waals surface area contributed by atoms with E-state index in [1.807, 2.05) is 43.3 Å². The summed E-state index contributed by atoms with van der Waals surface area (Å²) in [7, 11) is 0. The van der Waals surface area contributed by atoms with E-state index in [4.69, 9.17) is 4.74 Å². The van der Waals surface area contributed by atoms with Crippen molar-refractivity contribution in [2.45, 2.75) is 13.8 Å². The van der Waals surface area contributed by atoms with Gasteiger partial charge in [-0.15, -0.1) is 0 Å². The SMILES string of the molecule is CCOC(=O)/C(C)=C/c1ccc(-c2ccc(-c3ccccc3)cc2)cc1. The van der Waals surface area contributed by atoms with Crippen LogP contribution in [0.2, 0.25) is 0 Å². The fraction of sp³-hybridized carbons (Fsp3) is 0.125. The van der Waals surface area contributed by atoms with E-state index >= 15 is 0 Å². The van der Waals surface area contributed by atoms with Gasteiger partial charge in [0.1, 0.15) is 0 Å². The molecule has 26 heavy (non-hydrogen) atoms. The molecule has 0 spiro atoms. The number of carbonyl (C=O) groups is 1. The van der Waals surface area contributed by atoms with Crippen molar-refractivity contribution in [2.24, 2.45) is 0 Å². The lowest BCUT2D eigenvalue weighted by Crippen LogP contribution is -2.04. The average molecular weight is 342 g/mol. The first-order chi connectivity index (χ1) is 12.7. The van der Waals surface area contributed by atoms with Crippen molar-refractivity contribution in [1.82, 2.24) is 0 Å². The highest BCUT2D eigenvalue weighted by molar-refractivity contribution is 5.93. The summed E-state index contributed by atoms with van der Waals surface area (Å²) in [6.07, 6.45) is 1.85. The summed E-state index contributed by atoms with van der Waals surface area (Å²) in [5, 5.41) is 0. The zero-order valence-electron chi connectivity index (χ0n) is 15.1. The monoisotopic (exact) mass is 342 g/mol. The van der Waals surface area contributed by atoms with E-state index in [9.17, 15) is 4.79 Å². The predicted octanol–water partition coefficient (Wildman–Crippen LogP) is 5.99. The van der Waals surface area contributed by atoms with Crippen LogP contribution in [0, 0.1) is 0 Å². The van der Waals surface area contributed by atoms with Crippen LogP contribution in [-0.4, -0.2) is 12.6 Å². The molecule has 2 heteroatoms. The highest BCUT2D eigenvalue weighted by Crippen LogP contribution is 2.25. The van der Waals surface area contributed by atoms with Gasteiger partial charge in [-0.05, 0) is 47.7 Å². The van der Waals surface area contributed by atoms with Gasteiger partial charge in [0, 0.05) is 5.57 Å². The Morgan fingerprint density at radius 2 is 1.23 bits per heavy atom. The van der Waals surface area contributed by atoms with Crippen LogP contribution in [0.5, 0.6) is 0 Å². The van der Waals surface area contributed by atoms with E-state index in [0.717, 1.165) is 11.1 Å². The van der Waals surface area contributed by atoms with Crippen molar-refractivity contribution in [3.63, 3.8) is 0 Å². The Morgan fingerprint density at radius 3 is 1.73 bits per heavy atom. The van der Waals surface area contributed by atoms with E-state index in [2.05, 4.69) is 48.5 Å². The van der Waals surface area contributed by atoms with Gasteiger partial charge in [-0.25, -0.2) is 4.79 Å². The summed E-state index contributed by atoms with van der Waals surface area (Å²) in [5.74, 6) is -0.270. The second-order valence-electron chi connectivity index (χ2n) is 6.11. The molecule has 130 valence electrons. The molecule has 0 aliphatic carbocycles. The molecular weight excluding hydrogens is 320 g/mol. The van der Waals surface area contributed by atoms with Gasteiger partial charge in [-0.1, -0.05) is 78.9 Å². The van der Waals surface area contributed by atoms with E-state index in [1.54, 1.807) is 6.92 Å². The van der Waals surface area contributed by atoms with Gasteiger partial charge in [-0.3, -0.25) is 0 Å². The van der Waals surface area contributed by atoms with Crippen molar-refractivity contribution in [2.75, 3.05) is 6.61 Å². The van der Waals surface area contributed by atoms with Gasteiger partial charge < -0.3 is 4.74 Å². The fourth-order valence-electron chi connectivity index (χ4n) is 2.81. The standard InChI is InChI=1S/C24H22O2/c1-3-26-24(25)18(2)17-19-9-11-21(12-10-19)23-15-13-22(14-16-23)20-7-5-4-6-8-20/h4-17H,3H2,1-2H3/b18-17+. The van der Waals surface area contributed by atoms with Gasteiger partial charge >= 0.3 is 5.97 Å². The summed E-state index contributed by atoms with van der Waals surface area (Å²) < 4.78 is 5.01. The summed E-state index contributed by atoms with van der Waals surface area (Å²) in [4.78, 5) is 11.7. The second kappa shape index (κ2) is 8.30. The summed E-state index contributed by atoms with van der Waals surface area (Å²) in [6, 6.07) is 27.1. The summed E-state index contributed by atoms with van der Waals surface area (Å²) in [6.45, 7) is 3.97. The zero-order chi connectivity index (χ0) is 18.4. The first-order valence-corrected chi connectivity index (χ1v) is 8.78. The van der Waals surface area contributed by atoms with Gasteiger partial charge in [0.2, 0.25) is 0 Å². The Morgan fingerprint density at radius 1 is 0.769 bits per heavy atom. The Hall–Kier alpha value is -3.13. The maximum Gasteiger partial charge on any atom is 0.333 e. The van der Waals surface area contributed by atoms with E-state index in [-0.39, 0.29) is 5.97 Å². The number of ether oxygens (including phenoxy) is 1. The molecule has 3 aromatic rings. The molecule has 0 amide bonds. The molecular formula is C24H22O2. The second-order valence-corrected chi connectivity index (χ2v) is 6.11. The van der Waals surface area contributed by atoms with E-state index < -0.39 is 0 Å². The quantitative estimate of drug-likeness (QED) is 0.421. The first-order valence-electron chi connectivity index (χ1n) is 8.78. The molecule has 0 heterocycles. The molecule has 0 aliphatic heterocycles. The smallest absolute Gasteiger partial charge is 0.333 e. The van der Waals surface area contributed by atoms with Crippen molar-refractivity contribution >= 4 is 12.0 Å². The Labute approximate surface area is 154 Å². The lowest BCUT2D eigenvalue weighted by Gasteiger charge is -2.06. The fourth-order valence-corrected chi connectivity index (χ4v) is 2.81. The third-order valence-corrected chi connectivity index (χ3v) is 4.22. The van der Waals surface area contributed by atoms with Crippen LogP contribution in [0.25, 0.3) is 28.3 Å². The minimum atomic E-state index is -0.270. The Bertz CT molecular complexity index is 889. The van der Waals surface area contributed by atoms with Crippen LogP contribution in [-0.2, 0) is 9.53 Å². The summed E-state index contributed by atoms with van der Waals surface area (Å²) in [5.41, 5.74) is 6.33. The normalized spacial score (nSPS) is 11.2. The van der Waals surface area contributed by atoms with Gasteiger partial charge in [0.05, 0.1) is 6.61 Å². The van der Waals surface area contributed by atoms with Gasteiger partial charge in [0.15, 0.2) is 0 Å². The minimum Gasteiger partial charge on any atom is -0.463 e. The van der Waals surface area contributed by atoms with Crippen molar-refractivity contribution < 1.29 is 9.53 Å². The average Bonchev–Trinajstić information content (AvgIpc) is 2.69. The molecule has 0 fully saturated rings. The van der Waals surface area contributed by atoms with E-state index in [1.165, 1.54) is 16.7 Å². The topological polar surface area (TPSA) is 26.3 Å². The number of carbonyl (C=O) groups excluding carboxylic acids is 1. The minimum absolute atomic E-state index is 0.270. The molecule has 2 nitrogen and oxygen atoms in total. The predicted molar refractivity (Wildman–Crippen MR) is 108 cm³/mol. The first kappa shape index (κ1) is 17.7. The third-order valence-electron chi connectivity index (χ3n) is 4.22. The molecule has 0 unspecified atom stereocenters. The van der Waals surface area contributed by atoms with Crippen molar-refractivity contribution in [3.8, 4) is 22.3 Å². The molecule has 0 radical (unpaired) electrons. The number of benzene rings is 3. The van der Waals surface area contributed by atoms with Crippen LogP contribution in [0.1, 0.15) is 19.4 Å². The number of rotatable bonds is 5. The third kappa shape index (κ3) is 4.28. The number of esters is 1. The Kier molecular flexibility index (Phi) is 5.65. The van der Waals surface area contributed by atoms with Crippen molar-refractivity contribution in [3.05, 3.63) is 90.0 Å². The Balaban J connectivity index is 1.76. The van der Waals surface area contributed by atoms with Crippen LogP contribution in [0.4, 0.5) is 0 Å². The molecule has 0 saturated carbocycles. The van der Waals surface area contributed by atoms with Crippen LogP contribution in [0.3, 0.4) is 0 Å². The van der Waals surface area contributed by atoms with Gasteiger partial charge in [0.25, 0.3) is 0 Å². The highest BCUT2D eigenvalue weighted by atomic mass is 16.5. The molecule has 0 saturated heterocycles. The summed E-state index contributed by atoms with van der Waals surface area (Å²) >= 11 is 0. The number of hydrogen-bond acceptors (Lipinski definition) is 2. The molecule has 3 aromatic carbocycles. The van der Waals surface area contributed by atoms with Crippen LogP contribution < -0.4 is 0 Å². The molecule has 0 atom stereocenters. The lowest BCUT2D eigenvalue weighted by molar-refractivity contribution is -0.138. The molecule has 0 N–H and O–H groups in total. The van der Waals surface area contributed by atoms with Crippen molar-refractivity contribution in [1.29, 1.82) is 0 Å². The maximum atomic E-state index is 11.7. The molecule has 0 bridgehead atoms. The molecule has 0 aliphatic rings. The maximum absolute atomic E-state index is 11.7. The van der Waals surface area contributed by atoms with Crippen LogP contribution >= 0.6 is 0 Å². The zero-order valence-corrected chi connectivity index (χ0v) is 15.1. The van der Waals surface area contributed by atoms with Gasteiger partial charge in [-0.2, -0.15) is 0 Å². The molecule has 3 rings (SSSR count). The van der Waals surface area contributed by atoms with E-state index in [0.29, 0.717) is 12.2 Å².